The number of quaternary nitrogens is 1. The van der Waals surface area contributed by atoms with Crippen LogP contribution in [0, 0.1) is 10.4 Å². The highest BCUT2D eigenvalue weighted by Gasteiger charge is 2.35. The largest absolute Gasteiger partial charge is 0.627 e. The Bertz CT molecular complexity index is 1170. The molecular weight excluding hydrogens is 470 g/mol. The molecule has 1 fully saturated rings. The van der Waals surface area contributed by atoms with E-state index in [1.54, 1.807) is 12.1 Å². The predicted molar refractivity (Wildman–Crippen MR) is 129 cm³/mol. The number of anilines is 3. The van der Waals surface area contributed by atoms with E-state index in [2.05, 4.69) is 25.5 Å². The quantitative estimate of drug-likeness (QED) is 0.310. The van der Waals surface area contributed by atoms with E-state index >= 15 is 0 Å². The maximum absolute atomic E-state index is 12.1. The number of hydrogen-bond donors (Lipinski definition) is 2. The van der Waals surface area contributed by atoms with E-state index in [4.69, 9.17) is 13.9 Å². The molecule has 36 heavy (non-hydrogen) atoms. The summed E-state index contributed by atoms with van der Waals surface area (Å²) < 4.78 is 15.7. The molecule has 192 valence electrons. The van der Waals surface area contributed by atoms with Gasteiger partial charge in [0.1, 0.15) is 11.8 Å². The van der Waals surface area contributed by atoms with Crippen LogP contribution in [-0.4, -0.2) is 46.4 Å². The number of carbonyl (C=O) groups excluding carboxylic acids is 1. The third-order valence-electron chi connectivity index (χ3n) is 6.20. The van der Waals surface area contributed by atoms with Crippen molar-refractivity contribution in [3.8, 4) is 5.75 Å². The minimum Gasteiger partial charge on any atom is -0.627 e. The zero-order valence-corrected chi connectivity index (χ0v) is 20.3. The van der Waals surface area contributed by atoms with Crippen LogP contribution in [0.2, 0.25) is 0 Å². The van der Waals surface area contributed by atoms with Gasteiger partial charge in [-0.15, -0.1) is 10.2 Å². The molecule has 0 amide bonds. The molecule has 1 aliphatic carbocycles. The van der Waals surface area contributed by atoms with E-state index in [1.165, 1.54) is 32.9 Å². The lowest BCUT2D eigenvalue weighted by atomic mass is 10.1. The highest BCUT2D eigenvalue weighted by Crippen LogP contribution is 2.39. The van der Waals surface area contributed by atoms with Gasteiger partial charge in [-0.05, 0) is 37.5 Å². The molecule has 13 heteroatoms. The second kappa shape index (κ2) is 11.3. The summed E-state index contributed by atoms with van der Waals surface area (Å²) in [6, 6.07) is 4.36. The van der Waals surface area contributed by atoms with Crippen LogP contribution in [0.1, 0.15) is 61.3 Å². The molecule has 0 spiro atoms. The molecule has 1 aromatic carbocycles. The van der Waals surface area contributed by atoms with E-state index in [0.717, 1.165) is 25.7 Å². The van der Waals surface area contributed by atoms with Crippen molar-refractivity contribution in [3.63, 3.8) is 0 Å². The third kappa shape index (κ3) is 5.22. The Labute approximate surface area is 207 Å². The van der Waals surface area contributed by atoms with Gasteiger partial charge in [0.15, 0.2) is 11.5 Å². The molecule has 2 aromatic heterocycles. The van der Waals surface area contributed by atoms with Crippen molar-refractivity contribution in [1.82, 2.24) is 20.2 Å². The first-order valence-electron chi connectivity index (χ1n) is 11.6. The smallest absolute Gasteiger partial charge is 0.337 e. The van der Waals surface area contributed by atoms with E-state index in [-0.39, 0.29) is 29.5 Å². The molecule has 0 aliphatic heterocycles. The summed E-state index contributed by atoms with van der Waals surface area (Å²) in [6.45, 7) is 1.96. The Morgan fingerprint density at radius 3 is 2.69 bits per heavy atom. The van der Waals surface area contributed by atoms with Crippen molar-refractivity contribution in [2.75, 3.05) is 24.4 Å². The number of esters is 1. The predicted octanol–water partition coefficient (Wildman–Crippen LogP) is 2.81. The van der Waals surface area contributed by atoms with Crippen LogP contribution in [0.25, 0.3) is 0 Å². The summed E-state index contributed by atoms with van der Waals surface area (Å²) in [6.07, 6.45) is 6.82. The fourth-order valence-corrected chi connectivity index (χ4v) is 4.51. The van der Waals surface area contributed by atoms with Crippen molar-refractivity contribution in [1.29, 1.82) is 0 Å². The molecule has 0 bridgehead atoms. The molecule has 4 rings (SSSR count). The molecule has 1 atom stereocenters. The van der Waals surface area contributed by atoms with Gasteiger partial charge >= 0.3 is 5.97 Å². The number of aromatic nitrogens is 4. The summed E-state index contributed by atoms with van der Waals surface area (Å²) in [4.78, 5) is 22.6. The number of rotatable bonds is 10. The van der Waals surface area contributed by atoms with E-state index in [0.29, 0.717) is 29.3 Å². The zero-order chi connectivity index (χ0) is 25.7. The first kappa shape index (κ1) is 25.3. The first-order valence-corrected chi connectivity index (χ1v) is 11.6. The van der Waals surface area contributed by atoms with Crippen LogP contribution in [0.3, 0.4) is 0 Å². The van der Waals surface area contributed by atoms with Gasteiger partial charge in [0.05, 0.1) is 31.7 Å². The summed E-state index contributed by atoms with van der Waals surface area (Å²) >= 11 is 0. The molecule has 13 nitrogen and oxygen atoms in total. The van der Waals surface area contributed by atoms with Crippen molar-refractivity contribution < 1.29 is 23.9 Å². The molecule has 0 radical (unpaired) electrons. The number of nitrogens with one attached hydrogen (secondary N) is 2. The van der Waals surface area contributed by atoms with Crippen LogP contribution in [0.4, 0.5) is 23.1 Å². The van der Waals surface area contributed by atoms with Crippen molar-refractivity contribution in [2.45, 2.75) is 51.1 Å². The van der Waals surface area contributed by atoms with Gasteiger partial charge in [0.2, 0.25) is 18.2 Å². The van der Waals surface area contributed by atoms with Gasteiger partial charge in [-0.25, -0.2) is 9.78 Å². The normalized spacial score (nSPS) is 14.6. The van der Waals surface area contributed by atoms with Gasteiger partial charge in [-0.3, -0.25) is 0 Å². The maximum Gasteiger partial charge on any atom is 0.337 e. The summed E-state index contributed by atoms with van der Waals surface area (Å²) in [5, 5.41) is 33.7. The summed E-state index contributed by atoms with van der Waals surface area (Å²) in [5.41, 5.74) is 0.652. The highest BCUT2D eigenvalue weighted by molar-refractivity contribution is 5.91. The minimum atomic E-state index is -1.39. The van der Waals surface area contributed by atoms with Crippen molar-refractivity contribution >= 4 is 29.1 Å². The first-order chi connectivity index (χ1) is 17.5. The van der Waals surface area contributed by atoms with Crippen molar-refractivity contribution in [2.24, 2.45) is 0 Å². The lowest BCUT2D eigenvalue weighted by Crippen LogP contribution is -2.96. The average molecular weight is 499 g/mol. The monoisotopic (exact) mass is 498 g/mol. The van der Waals surface area contributed by atoms with Crippen molar-refractivity contribution in [3.05, 3.63) is 52.7 Å². The molecular formula is C23H28N7O6-. The van der Waals surface area contributed by atoms with Gasteiger partial charge < -0.3 is 39.7 Å². The molecule has 1 aliphatic rings. The Balaban J connectivity index is 1.76. The van der Waals surface area contributed by atoms with E-state index in [1.807, 2.05) is 11.8 Å². The topological polar surface area (TPSA) is 166 Å². The number of carbonyl (C=O) groups is 1. The van der Waals surface area contributed by atoms with Gasteiger partial charge in [0, 0.05) is 6.04 Å². The summed E-state index contributed by atoms with van der Waals surface area (Å²) in [7, 11) is 2.76. The molecule has 3 aromatic rings. The highest BCUT2D eigenvalue weighted by atomic mass is 16.8. The van der Waals surface area contributed by atoms with Crippen LogP contribution in [0.15, 0.2) is 35.2 Å². The third-order valence-corrected chi connectivity index (χ3v) is 6.20. The molecule has 2 heterocycles. The molecule has 2 N–H and O–H groups in total. The SMILES string of the molecule is CC[C@H](c1nnco1)N(c1nc(Nc2ccc(C(=O)OC)cc2OC)ncc1[NH+]([O-])[O-])C1CCCC1. The number of methoxy groups -OCH3 is 2. The maximum atomic E-state index is 12.1. The molecule has 0 saturated heterocycles. The van der Waals surface area contributed by atoms with E-state index < -0.39 is 11.2 Å². The Morgan fingerprint density at radius 2 is 2.08 bits per heavy atom. The second-order valence-electron chi connectivity index (χ2n) is 8.30. The van der Waals surface area contributed by atoms with Gasteiger partial charge in [0.25, 0.3) is 0 Å². The zero-order valence-electron chi connectivity index (χ0n) is 20.3. The van der Waals surface area contributed by atoms with Gasteiger partial charge in [-0.2, -0.15) is 4.98 Å². The lowest BCUT2D eigenvalue weighted by molar-refractivity contribution is -0.714. The van der Waals surface area contributed by atoms with Gasteiger partial charge in [-0.1, -0.05) is 19.8 Å². The lowest BCUT2D eigenvalue weighted by Gasteiger charge is -2.38. The standard InChI is InChI=1S/C23H28N7O6/c1-4-17(21-28-25-13-36-21)29(15-7-5-6-8-15)20-18(30(32)33)12-24-23(27-20)26-16-10-9-14(22(31)35-3)11-19(16)34-2/h9-13,15,17,30H,4-8H2,1-3H3,(H,24,26,27)/q-1/t17-/m1/s1. The number of nitrogens with zero attached hydrogens (tertiary/aromatic N) is 5. The van der Waals surface area contributed by atoms with Crippen LogP contribution < -0.4 is 20.2 Å². The van der Waals surface area contributed by atoms with Crippen LogP contribution in [0.5, 0.6) is 5.75 Å². The molecule has 0 unspecified atom stereocenters. The number of benzene rings is 1. The number of hydrogen-bond acceptors (Lipinski definition) is 12. The van der Waals surface area contributed by atoms with Crippen LogP contribution >= 0.6 is 0 Å². The summed E-state index contributed by atoms with van der Waals surface area (Å²) in [5.74, 6) is 0.575. The second-order valence-corrected chi connectivity index (χ2v) is 8.30. The molecule has 1 saturated carbocycles. The van der Waals surface area contributed by atoms with Crippen LogP contribution in [-0.2, 0) is 4.74 Å². The Morgan fingerprint density at radius 1 is 1.31 bits per heavy atom. The van der Waals surface area contributed by atoms with E-state index in [9.17, 15) is 15.2 Å². The average Bonchev–Trinajstić information content (AvgIpc) is 3.61. The Kier molecular flexibility index (Phi) is 7.93. The Hall–Kier alpha value is -3.81. The fraction of sp³-hybridized carbons (Fsp3) is 0.435. The number of ether oxygens (including phenoxy) is 2. The fourth-order valence-electron chi connectivity index (χ4n) is 4.51. The minimum absolute atomic E-state index is 0.0246.